The second-order valence-corrected chi connectivity index (χ2v) is 10.6. The van der Waals surface area contributed by atoms with Gasteiger partial charge in [-0.2, -0.15) is 5.26 Å². The molecule has 1 aliphatic rings. The maximum absolute atomic E-state index is 9.90. The van der Waals surface area contributed by atoms with Crippen molar-refractivity contribution >= 4 is 63.5 Å². The predicted molar refractivity (Wildman–Crippen MR) is 161 cm³/mol. The molecular formula is C29H26Cl3N7. The Morgan fingerprint density at radius 1 is 0.923 bits per heavy atom. The van der Waals surface area contributed by atoms with E-state index in [1.165, 1.54) is 6.33 Å². The lowest BCUT2D eigenvalue weighted by Crippen LogP contribution is -2.47. The molecule has 1 saturated heterocycles. The molecular weight excluding hydrogens is 553 g/mol. The van der Waals surface area contributed by atoms with E-state index in [1.807, 2.05) is 43.3 Å². The molecule has 0 saturated carbocycles. The summed E-state index contributed by atoms with van der Waals surface area (Å²) in [5.74, 6) is 0.661. The molecule has 1 atom stereocenters. The van der Waals surface area contributed by atoms with Gasteiger partial charge in [0, 0.05) is 52.6 Å². The van der Waals surface area contributed by atoms with Crippen molar-refractivity contribution in [1.29, 1.82) is 5.26 Å². The minimum atomic E-state index is -0.524. The summed E-state index contributed by atoms with van der Waals surface area (Å²) < 4.78 is 0. The highest BCUT2D eigenvalue weighted by Crippen LogP contribution is 2.37. The van der Waals surface area contributed by atoms with E-state index in [4.69, 9.17) is 40.5 Å². The van der Waals surface area contributed by atoms with Gasteiger partial charge in [0.2, 0.25) is 0 Å². The Hall–Kier alpha value is -3.70. The zero-order valence-electron chi connectivity index (χ0n) is 21.2. The number of piperazine rings is 1. The summed E-state index contributed by atoms with van der Waals surface area (Å²) in [6.07, 6.45) is 1.51. The van der Waals surface area contributed by atoms with Crippen molar-refractivity contribution in [3.63, 3.8) is 0 Å². The van der Waals surface area contributed by atoms with Crippen molar-refractivity contribution in [3.05, 3.63) is 98.7 Å². The number of rotatable bonds is 6. The van der Waals surface area contributed by atoms with Gasteiger partial charge >= 0.3 is 0 Å². The Morgan fingerprint density at radius 2 is 1.64 bits per heavy atom. The topological polar surface area (TPSA) is 94.1 Å². The normalized spacial score (nSPS) is 14.1. The fraction of sp³-hybridized carbons (Fsp3) is 0.207. The second-order valence-electron chi connectivity index (χ2n) is 9.34. The Morgan fingerprint density at radius 3 is 2.33 bits per heavy atom. The molecule has 1 unspecified atom stereocenters. The lowest BCUT2D eigenvalue weighted by molar-refractivity contribution is 0.647. The van der Waals surface area contributed by atoms with Crippen LogP contribution in [0, 0.1) is 18.3 Å². The molecule has 3 N–H and O–H groups in total. The van der Waals surface area contributed by atoms with Gasteiger partial charge in [0.25, 0.3) is 0 Å². The summed E-state index contributed by atoms with van der Waals surface area (Å²) in [4.78, 5) is 13.3. The van der Waals surface area contributed by atoms with Gasteiger partial charge in [-0.1, -0.05) is 59.1 Å². The number of nitrogen functional groups attached to an aromatic ring is 1. The van der Waals surface area contributed by atoms with Crippen molar-refractivity contribution in [3.8, 4) is 6.07 Å². The molecule has 5 rings (SSSR count). The molecule has 1 fully saturated rings. The van der Waals surface area contributed by atoms with Gasteiger partial charge in [0.05, 0.1) is 12.0 Å². The third-order valence-electron chi connectivity index (χ3n) is 6.86. The number of nitrogens with two attached hydrogens (primary N) is 1. The highest BCUT2D eigenvalue weighted by Gasteiger charge is 2.23. The van der Waals surface area contributed by atoms with Crippen molar-refractivity contribution in [2.24, 2.45) is 0 Å². The number of nitrogens with one attached hydrogen (secondary N) is 1. The van der Waals surface area contributed by atoms with Crippen LogP contribution >= 0.6 is 34.8 Å². The van der Waals surface area contributed by atoms with Crippen LogP contribution in [-0.2, 0) is 0 Å². The quantitative estimate of drug-likeness (QED) is 0.253. The van der Waals surface area contributed by atoms with Crippen LogP contribution in [0.1, 0.15) is 22.6 Å². The smallest absolute Gasteiger partial charge is 0.159 e. The number of aryl methyl sites for hydroxylation is 1. The molecule has 2 heterocycles. The van der Waals surface area contributed by atoms with Crippen LogP contribution in [0.25, 0.3) is 0 Å². The number of hydrogen-bond acceptors (Lipinski definition) is 7. The molecule has 10 heteroatoms. The predicted octanol–water partition coefficient (Wildman–Crippen LogP) is 7.05. The van der Waals surface area contributed by atoms with E-state index in [-0.39, 0.29) is 0 Å². The number of hydrogen-bond donors (Lipinski definition) is 2. The monoisotopic (exact) mass is 577 g/mol. The molecule has 0 radical (unpaired) electrons. The molecule has 3 aromatic carbocycles. The van der Waals surface area contributed by atoms with Gasteiger partial charge in [-0.05, 0) is 60.0 Å². The van der Waals surface area contributed by atoms with E-state index >= 15 is 0 Å². The summed E-state index contributed by atoms with van der Waals surface area (Å²) in [6.45, 7) is 5.10. The van der Waals surface area contributed by atoms with Gasteiger partial charge in [0.1, 0.15) is 12.0 Å². The first-order valence-electron chi connectivity index (χ1n) is 12.4. The Kier molecular flexibility index (Phi) is 7.99. The number of nitriles is 1. The lowest BCUT2D eigenvalue weighted by Gasteiger charge is -2.37. The van der Waals surface area contributed by atoms with Gasteiger partial charge in [-0.25, -0.2) is 9.97 Å². The highest BCUT2D eigenvalue weighted by molar-refractivity contribution is 6.32. The first-order valence-corrected chi connectivity index (χ1v) is 13.6. The van der Waals surface area contributed by atoms with Crippen molar-refractivity contribution in [1.82, 2.24) is 9.97 Å². The molecule has 7 nitrogen and oxygen atoms in total. The zero-order valence-corrected chi connectivity index (χ0v) is 23.5. The summed E-state index contributed by atoms with van der Waals surface area (Å²) in [6, 6.07) is 21.2. The first-order chi connectivity index (χ1) is 18.8. The van der Waals surface area contributed by atoms with E-state index in [1.54, 1.807) is 18.2 Å². The fourth-order valence-corrected chi connectivity index (χ4v) is 5.34. The molecule has 198 valence electrons. The van der Waals surface area contributed by atoms with Crippen LogP contribution in [0.2, 0.25) is 15.1 Å². The van der Waals surface area contributed by atoms with Crippen LogP contribution in [0.3, 0.4) is 0 Å². The molecule has 4 aromatic rings. The standard InChI is InChI=1S/C29H26Cl3N7/c1-18-13-23(24(16-33)19-5-7-20(30)8-6-19)25(32)15-26(18)37-28-27(34)29(36-17-35-28)39-11-9-38(10-12-39)22-4-2-3-21(31)14-22/h2-8,13-15,17,24H,9-12,34H2,1H3,(H,35,36,37). The number of aromatic nitrogens is 2. The van der Waals surface area contributed by atoms with Gasteiger partial charge < -0.3 is 20.9 Å². The minimum Gasteiger partial charge on any atom is -0.393 e. The average Bonchev–Trinajstić information content (AvgIpc) is 2.94. The molecule has 0 amide bonds. The zero-order chi connectivity index (χ0) is 27.5. The summed E-state index contributed by atoms with van der Waals surface area (Å²) in [5.41, 5.74) is 11.3. The van der Waals surface area contributed by atoms with Crippen LogP contribution in [-0.4, -0.2) is 36.1 Å². The molecule has 39 heavy (non-hydrogen) atoms. The Labute approximate surface area is 242 Å². The molecule has 0 spiro atoms. The third kappa shape index (κ3) is 5.84. The molecule has 1 aromatic heterocycles. The van der Waals surface area contributed by atoms with Gasteiger partial charge in [-0.3, -0.25) is 0 Å². The molecule has 0 bridgehead atoms. The van der Waals surface area contributed by atoms with Crippen LogP contribution < -0.4 is 20.9 Å². The largest absolute Gasteiger partial charge is 0.393 e. The van der Waals surface area contributed by atoms with Crippen LogP contribution in [0.15, 0.2) is 67.0 Å². The lowest BCUT2D eigenvalue weighted by atomic mass is 9.91. The summed E-state index contributed by atoms with van der Waals surface area (Å²) >= 11 is 18.9. The van der Waals surface area contributed by atoms with Gasteiger partial charge in [0.15, 0.2) is 11.6 Å². The van der Waals surface area contributed by atoms with Crippen molar-refractivity contribution < 1.29 is 0 Å². The van der Waals surface area contributed by atoms with Crippen molar-refractivity contribution in [2.45, 2.75) is 12.8 Å². The maximum atomic E-state index is 9.90. The van der Waals surface area contributed by atoms with E-state index in [0.717, 1.165) is 59.3 Å². The average molecular weight is 579 g/mol. The summed E-state index contributed by atoms with van der Waals surface area (Å²) in [5, 5.41) is 15.0. The number of anilines is 5. The number of halogens is 3. The Balaban J connectivity index is 1.34. The van der Waals surface area contributed by atoms with E-state index < -0.39 is 5.92 Å². The third-order valence-corrected chi connectivity index (χ3v) is 7.67. The first kappa shape index (κ1) is 26.9. The van der Waals surface area contributed by atoms with Crippen LogP contribution in [0.4, 0.5) is 28.7 Å². The van der Waals surface area contributed by atoms with E-state index in [9.17, 15) is 5.26 Å². The summed E-state index contributed by atoms with van der Waals surface area (Å²) in [7, 11) is 0. The SMILES string of the molecule is Cc1cc(C(C#N)c2ccc(Cl)cc2)c(Cl)cc1Nc1ncnc(N2CCN(c3cccc(Cl)c3)CC2)c1N. The van der Waals surface area contributed by atoms with E-state index in [0.29, 0.717) is 27.4 Å². The molecule has 1 aliphatic heterocycles. The van der Waals surface area contributed by atoms with Crippen LogP contribution in [0.5, 0.6) is 0 Å². The van der Waals surface area contributed by atoms with E-state index in [2.05, 4.69) is 37.2 Å². The number of benzene rings is 3. The van der Waals surface area contributed by atoms with Crippen molar-refractivity contribution in [2.75, 3.05) is 47.0 Å². The second kappa shape index (κ2) is 11.6. The minimum absolute atomic E-state index is 0.462. The fourth-order valence-electron chi connectivity index (χ4n) is 4.75. The highest BCUT2D eigenvalue weighted by atomic mass is 35.5. The Bertz CT molecular complexity index is 1530. The maximum Gasteiger partial charge on any atom is 0.159 e. The van der Waals surface area contributed by atoms with Gasteiger partial charge in [-0.15, -0.1) is 0 Å². The number of nitrogens with zero attached hydrogens (tertiary/aromatic N) is 5. The molecule has 0 aliphatic carbocycles.